The van der Waals surface area contributed by atoms with Crippen LogP contribution in [0.15, 0.2) is 0 Å². The molecular formula is C16H31NS2. The van der Waals surface area contributed by atoms with Gasteiger partial charge in [0.15, 0.2) is 0 Å². The van der Waals surface area contributed by atoms with Crippen molar-refractivity contribution in [2.24, 2.45) is 0 Å². The molecule has 19 heavy (non-hydrogen) atoms. The maximum atomic E-state index is 5.01. The zero-order chi connectivity index (χ0) is 15.2. The molecule has 0 aliphatic rings. The molecule has 0 unspecified atom stereocenters. The Balaban J connectivity index is 3.58. The molecular weight excluding hydrogens is 270 g/mol. The molecule has 0 aliphatic heterocycles. The summed E-state index contributed by atoms with van der Waals surface area (Å²) in [4.78, 5) is 5.01. The van der Waals surface area contributed by atoms with Gasteiger partial charge in [-0.3, -0.25) is 4.98 Å². The lowest BCUT2D eigenvalue weighted by atomic mass is 10.0. The Morgan fingerprint density at radius 3 is 1.47 bits per heavy atom. The zero-order valence-corrected chi connectivity index (χ0v) is 16.0. The molecule has 0 fully saturated rings. The van der Waals surface area contributed by atoms with Crippen molar-refractivity contribution in [1.82, 2.24) is 4.98 Å². The van der Waals surface area contributed by atoms with Crippen LogP contribution in [0.2, 0.25) is 0 Å². The van der Waals surface area contributed by atoms with Crippen molar-refractivity contribution in [3.05, 3.63) is 28.1 Å². The van der Waals surface area contributed by atoms with Crippen molar-refractivity contribution in [2.45, 2.75) is 32.3 Å². The molecule has 0 aliphatic carbocycles. The van der Waals surface area contributed by atoms with Crippen LogP contribution in [0.1, 0.15) is 32.7 Å². The third-order valence-corrected chi connectivity index (χ3v) is 10.3. The number of aryl methyl sites for hydroxylation is 1. The second-order valence-corrected chi connectivity index (χ2v) is 16.1. The highest BCUT2D eigenvalue weighted by Gasteiger charge is 2.33. The molecule has 0 radical (unpaired) electrons. The van der Waals surface area contributed by atoms with Crippen LogP contribution in [0, 0.1) is 27.7 Å². The van der Waals surface area contributed by atoms with Crippen molar-refractivity contribution < 1.29 is 0 Å². The normalized spacial score (nSPS) is 14.9. The minimum atomic E-state index is -0.670. The quantitative estimate of drug-likeness (QED) is 0.788. The number of rotatable bonds is 3. The van der Waals surface area contributed by atoms with Gasteiger partial charge in [0, 0.05) is 5.69 Å². The second kappa shape index (κ2) is 5.33. The summed E-state index contributed by atoms with van der Waals surface area (Å²) in [5.41, 5.74) is 6.77. The molecule has 0 saturated carbocycles. The van der Waals surface area contributed by atoms with E-state index < -0.39 is 20.1 Å². The van der Waals surface area contributed by atoms with E-state index in [-0.39, 0.29) is 0 Å². The maximum absolute atomic E-state index is 5.01. The predicted molar refractivity (Wildman–Crippen MR) is 96.7 cm³/mol. The van der Waals surface area contributed by atoms with Gasteiger partial charge >= 0.3 is 0 Å². The number of aromatic nitrogens is 1. The van der Waals surface area contributed by atoms with Gasteiger partial charge in [0.05, 0.1) is 10.3 Å². The summed E-state index contributed by atoms with van der Waals surface area (Å²) >= 11 is 0. The van der Waals surface area contributed by atoms with Crippen molar-refractivity contribution in [1.29, 1.82) is 0 Å². The van der Waals surface area contributed by atoms with Gasteiger partial charge in [0.2, 0.25) is 0 Å². The van der Waals surface area contributed by atoms with E-state index in [0.29, 0.717) is 4.58 Å². The first kappa shape index (κ1) is 16.9. The molecule has 0 bridgehead atoms. The third-order valence-electron chi connectivity index (χ3n) is 3.85. The number of hydrogen-bond acceptors (Lipinski definition) is 1. The molecule has 0 amide bonds. The summed E-state index contributed by atoms with van der Waals surface area (Å²) in [5, 5.41) is 0. The van der Waals surface area contributed by atoms with Crippen molar-refractivity contribution in [2.75, 3.05) is 37.5 Å². The summed E-state index contributed by atoms with van der Waals surface area (Å²) in [6.07, 6.45) is 14.6. The van der Waals surface area contributed by atoms with Crippen LogP contribution >= 0.6 is 20.1 Å². The fourth-order valence-electron chi connectivity index (χ4n) is 2.86. The van der Waals surface area contributed by atoms with Gasteiger partial charge < -0.3 is 0 Å². The van der Waals surface area contributed by atoms with Crippen LogP contribution in [0.25, 0.3) is 0 Å². The largest absolute Gasteiger partial charge is 0.256 e. The highest BCUT2D eigenvalue weighted by molar-refractivity contribution is 8.47. The lowest BCUT2D eigenvalue weighted by Crippen LogP contribution is -2.18. The summed E-state index contributed by atoms with van der Waals surface area (Å²) in [6.45, 7) is 8.85. The molecule has 1 nitrogen and oxygen atoms in total. The molecule has 0 spiro atoms. The standard InChI is InChI=1S/C16H31NS2/c1-11-12(2)14(4)17-15(13(11)3)16(18(5,6)7)19(8,9)10/h16H,1-10H3. The van der Waals surface area contributed by atoms with Gasteiger partial charge in [-0.15, -0.1) is 0 Å². The summed E-state index contributed by atoms with van der Waals surface area (Å²) in [7, 11) is -1.34. The minimum Gasteiger partial charge on any atom is -0.256 e. The third kappa shape index (κ3) is 3.49. The Hall–Kier alpha value is -0.150. The van der Waals surface area contributed by atoms with Crippen LogP contribution in [0.3, 0.4) is 0 Å². The molecule has 0 saturated heterocycles. The van der Waals surface area contributed by atoms with E-state index in [1.165, 1.54) is 28.1 Å². The maximum Gasteiger partial charge on any atom is 0.0639 e. The molecule has 0 aromatic carbocycles. The Morgan fingerprint density at radius 1 is 0.684 bits per heavy atom. The van der Waals surface area contributed by atoms with Gasteiger partial charge in [-0.25, -0.2) is 20.1 Å². The van der Waals surface area contributed by atoms with E-state index in [0.717, 1.165) is 0 Å². The Bertz CT molecular complexity index is 465. The summed E-state index contributed by atoms with van der Waals surface area (Å²) in [6, 6.07) is 0. The molecule has 1 heterocycles. The fourth-order valence-corrected chi connectivity index (χ4v) is 11.6. The van der Waals surface area contributed by atoms with Crippen molar-refractivity contribution >= 4 is 20.1 Å². The fraction of sp³-hybridized carbons (Fsp3) is 0.688. The summed E-state index contributed by atoms with van der Waals surface area (Å²) in [5.74, 6) is 0. The Labute approximate surface area is 123 Å². The molecule has 0 N–H and O–H groups in total. The zero-order valence-electron chi connectivity index (χ0n) is 14.3. The Morgan fingerprint density at radius 2 is 1.11 bits per heavy atom. The van der Waals surface area contributed by atoms with E-state index in [2.05, 4.69) is 65.2 Å². The first-order chi connectivity index (χ1) is 8.37. The van der Waals surface area contributed by atoms with E-state index in [1.807, 2.05) is 0 Å². The average Bonchev–Trinajstić information content (AvgIpc) is 2.19. The average molecular weight is 302 g/mol. The second-order valence-electron chi connectivity index (χ2n) is 7.15. The van der Waals surface area contributed by atoms with Crippen molar-refractivity contribution in [3.8, 4) is 0 Å². The molecule has 1 aromatic heterocycles. The van der Waals surface area contributed by atoms with E-state index >= 15 is 0 Å². The van der Waals surface area contributed by atoms with E-state index in [9.17, 15) is 0 Å². The van der Waals surface area contributed by atoms with E-state index in [4.69, 9.17) is 4.98 Å². The molecule has 1 rings (SSSR count). The number of pyridine rings is 1. The number of hydrogen-bond donors (Lipinski definition) is 0. The van der Waals surface area contributed by atoms with E-state index in [1.54, 1.807) is 0 Å². The van der Waals surface area contributed by atoms with Gasteiger partial charge in [-0.1, -0.05) is 0 Å². The lowest BCUT2D eigenvalue weighted by Gasteiger charge is -2.48. The van der Waals surface area contributed by atoms with Gasteiger partial charge in [-0.05, 0) is 81.9 Å². The molecule has 3 heteroatoms. The van der Waals surface area contributed by atoms with Gasteiger partial charge in [-0.2, -0.15) is 0 Å². The highest BCUT2D eigenvalue weighted by Crippen LogP contribution is 2.68. The minimum absolute atomic E-state index is 0.623. The Kier molecular flexibility index (Phi) is 4.74. The topological polar surface area (TPSA) is 12.9 Å². The SMILES string of the molecule is Cc1nc(C(S(C)(C)C)S(C)(C)C)c(C)c(C)c1C. The monoisotopic (exact) mass is 301 g/mol. The first-order valence-corrected chi connectivity index (χ1v) is 12.5. The van der Waals surface area contributed by atoms with Crippen LogP contribution in [0.5, 0.6) is 0 Å². The number of nitrogens with zero attached hydrogens (tertiary/aromatic N) is 1. The van der Waals surface area contributed by atoms with Gasteiger partial charge in [0.25, 0.3) is 0 Å². The smallest absolute Gasteiger partial charge is 0.0639 e. The summed E-state index contributed by atoms with van der Waals surface area (Å²) < 4.78 is 0.623. The molecule has 1 aromatic rings. The molecule has 112 valence electrons. The molecule has 0 atom stereocenters. The lowest BCUT2D eigenvalue weighted by molar-refractivity contribution is 1.01. The van der Waals surface area contributed by atoms with Crippen LogP contribution in [0.4, 0.5) is 0 Å². The van der Waals surface area contributed by atoms with Crippen LogP contribution < -0.4 is 0 Å². The van der Waals surface area contributed by atoms with Crippen LogP contribution in [-0.2, 0) is 0 Å². The van der Waals surface area contributed by atoms with Crippen LogP contribution in [-0.4, -0.2) is 42.5 Å². The predicted octanol–water partition coefficient (Wildman–Crippen LogP) is 4.70. The van der Waals surface area contributed by atoms with Gasteiger partial charge in [0.1, 0.15) is 0 Å². The first-order valence-electron chi connectivity index (χ1n) is 6.66. The van der Waals surface area contributed by atoms with Crippen molar-refractivity contribution in [3.63, 3.8) is 0 Å². The highest BCUT2D eigenvalue weighted by atomic mass is 32.3.